The van der Waals surface area contributed by atoms with E-state index in [4.69, 9.17) is 4.74 Å². The van der Waals surface area contributed by atoms with Crippen LogP contribution < -0.4 is 10.1 Å². The van der Waals surface area contributed by atoms with Crippen LogP contribution in [0.4, 0.5) is 0 Å². The predicted octanol–water partition coefficient (Wildman–Crippen LogP) is 2.03. The lowest BCUT2D eigenvalue weighted by Crippen LogP contribution is -2.36. The minimum absolute atomic E-state index is 0.115. The molecule has 0 bridgehead atoms. The highest BCUT2D eigenvalue weighted by Crippen LogP contribution is 2.20. The standard InChI is InChI=1S/C16H27N3O2/c1-6-17-16(19(4)5)18-11-15(20)13-8-7-9-14(10-13)21-12(2)3/h7-10,12,15,20H,6,11H2,1-5H3,(H,17,18). The molecule has 0 heterocycles. The van der Waals surface area contributed by atoms with E-state index in [2.05, 4.69) is 10.3 Å². The first-order chi connectivity index (χ1) is 9.93. The molecule has 0 aliphatic heterocycles. The molecule has 1 rings (SSSR count). The van der Waals surface area contributed by atoms with Crippen molar-refractivity contribution in [3.8, 4) is 5.75 Å². The molecular formula is C16H27N3O2. The van der Waals surface area contributed by atoms with E-state index in [1.807, 2.05) is 64.0 Å². The van der Waals surface area contributed by atoms with Crippen molar-refractivity contribution in [3.05, 3.63) is 29.8 Å². The number of guanidine groups is 1. The van der Waals surface area contributed by atoms with Gasteiger partial charge in [-0.2, -0.15) is 0 Å². The number of benzene rings is 1. The SMILES string of the molecule is CCNC(=NCC(O)c1cccc(OC(C)C)c1)N(C)C. The maximum atomic E-state index is 10.3. The molecule has 0 aliphatic rings. The first-order valence-corrected chi connectivity index (χ1v) is 7.34. The fourth-order valence-corrected chi connectivity index (χ4v) is 1.86. The largest absolute Gasteiger partial charge is 0.491 e. The Balaban J connectivity index is 2.74. The van der Waals surface area contributed by atoms with Crippen LogP contribution in [0.3, 0.4) is 0 Å². The van der Waals surface area contributed by atoms with Gasteiger partial charge in [-0.15, -0.1) is 0 Å². The number of aliphatic hydroxyl groups is 1. The van der Waals surface area contributed by atoms with E-state index in [0.717, 1.165) is 23.8 Å². The third kappa shape index (κ3) is 6.04. The number of nitrogens with zero attached hydrogens (tertiary/aromatic N) is 2. The number of rotatable bonds is 6. The van der Waals surface area contributed by atoms with Crippen LogP contribution in [0.1, 0.15) is 32.4 Å². The fourth-order valence-electron chi connectivity index (χ4n) is 1.86. The molecule has 1 aromatic rings. The van der Waals surface area contributed by atoms with Gasteiger partial charge in [0.2, 0.25) is 0 Å². The average Bonchev–Trinajstić information content (AvgIpc) is 2.42. The Labute approximate surface area is 127 Å². The second-order valence-corrected chi connectivity index (χ2v) is 5.34. The Morgan fingerprint density at radius 3 is 2.67 bits per heavy atom. The van der Waals surface area contributed by atoms with Crippen LogP contribution in [0.15, 0.2) is 29.3 Å². The molecule has 0 aromatic heterocycles. The van der Waals surface area contributed by atoms with Gasteiger partial charge in [0, 0.05) is 20.6 Å². The molecule has 1 aromatic carbocycles. The Kier molecular flexibility index (Phi) is 7.02. The van der Waals surface area contributed by atoms with Gasteiger partial charge < -0.3 is 20.1 Å². The van der Waals surface area contributed by atoms with Crippen molar-refractivity contribution in [2.24, 2.45) is 4.99 Å². The molecule has 0 amide bonds. The summed E-state index contributed by atoms with van der Waals surface area (Å²) in [6.07, 6.45) is -0.529. The molecule has 118 valence electrons. The summed E-state index contributed by atoms with van der Waals surface area (Å²) in [7, 11) is 3.84. The highest BCUT2D eigenvalue weighted by molar-refractivity contribution is 5.79. The lowest BCUT2D eigenvalue weighted by atomic mass is 10.1. The summed E-state index contributed by atoms with van der Waals surface area (Å²) in [4.78, 5) is 6.32. The Hall–Kier alpha value is -1.75. The van der Waals surface area contributed by atoms with Crippen LogP contribution in [0.5, 0.6) is 5.75 Å². The highest BCUT2D eigenvalue weighted by Gasteiger charge is 2.10. The van der Waals surface area contributed by atoms with E-state index in [1.54, 1.807) is 0 Å². The number of hydrogen-bond donors (Lipinski definition) is 2. The second-order valence-electron chi connectivity index (χ2n) is 5.34. The zero-order valence-corrected chi connectivity index (χ0v) is 13.6. The van der Waals surface area contributed by atoms with Crippen LogP contribution >= 0.6 is 0 Å². The molecular weight excluding hydrogens is 266 g/mol. The van der Waals surface area contributed by atoms with E-state index in [-0.39, 0.29) is 6.10 Å². The van der Waals surface area contributed by atoms with Gasteiger partial charge in [-0.25, -0.2) is 0 Å². The lowest BCUT2D eigenvalue weighted by Gasteiger charge is -2.18. The van der Waals surface area contributed by atoms with Gasteiger partial charge in [0.05, 0.1) is 18.8 Å². The average molecular weight is 293 g/mol. The molecule has 1 atom stereocenters. The Bertz CT molecular complexity index is 459. The van der Waals surface area contributed by atoms with E-state index in [9.17, 15) is 5.11 Å². The van der Waals surface area contributed by atoms with Gasteiger partial charge in [-0.3, -0.25) is 4.99 Å². The minimum Gasteiger partial charge on any atom is -0.491 e. The van der Waals surface area contributed by atoms with Gasteiger partial charge in [0.25, 0.3) is 0 Å². The molecule has 0 saturated heterocycles. The summed E-state index contributed by atoms with van der Waals surface area (Å²) in [5.74, 6) is 1.54. The summed E-state index contributed by atoms with van der Waals surface area (Å²) < 4.78 is 5.64. The monoisotopic (exact) mass is 293 g/mol. The van der Waals surface area contributed by atoms with Crippen LogP contribution in [-0.2, 0) is 0 Å². The molecule has 0 aliphatic carbocycles. The van der Waals surface area contributed by atoms with Gasteiger partial charge in [0.1, 0.15) is 5.75 Å². The molecule has 0 spiro atoms. The normalized spacial score (nSPS) is 13.2. The van der Waals surface area contributed by atoms with Crippen molar-refractivity contribution < 1.29 is 9.84 Å². The van der Waals surface area contributed by atoms with Crippen LogP contribution in [-0.4, -0.2) is 49.3 Å². The van der Waals surface area contributed by atoms with Crippen molar-refractivity contribution in [2.45, 2.75) is 33.0 Å². The van der Waals surface area contributed by atoms with Crippen LogP contribution in [0.2, 0.25) is 0 Å². The fraction of sp³-hybridized carbons (Fsp3) is 0.562. The maximum absolute atomic E-state index is 10.3. The number of aliphatic hydroxyl groups excluding tert-OH is 1. The second kappa shape index (κ2) is 8.52. The van der Waals surface area contributed by atoms with Crippen molar-refractivity contribution in [1.82, 2.24) is 10.2 Å². The van der Waals surface area contributed by atoms with E-state index < -0.39 is 6.10 Å². The zero-order chi connectivity index (χ0) is 15.8. The van der Waals surface area contributed by atoms with Crippen molar-refractivity contribution >= 4 is 5.96 Å². The first kappa shape index (κ1) is 17.3. The summed E-state index contributed by atoms with van der Waals surface area (Å²) in [5.41, 5.74) is 0.812. The Morgan fingerprint density at radius 2 is 2.10 bits per heavy atom. The summed E-state index contributed by atoms with van der Waals surface area (Å²) in [5, 5.41) is 13.4. The topological polar surface area (TPSA) is 57.1 Å². The number of aliphatic imine (C=N–C) groups is 1. The van der Waals surface area contributed by atoms with Gasteiger partial charge in [-0.1, -0.05) is 12.1 Å². The number of nitrogens with one attached hydrogen (secondary N) is 1. The summed E-state index contributed by atoms with van der Waals surface area (Å²) >= 11 is 0. The van der Waals surface area contributed by atoms with E-state index in [1.165, 1.54) is 0 Å². The first-order valence-electron chi connectivity index (χ1n) is 7.34. The van der Waals surface area contributed by atoms with E-state index >= 15 is 0 Å². The Morgan fingerprint density at radius 1 is 1.38 bits per heavy atom. The third-order valence-electron chi connectivity index (χ3n) is 2.79. The molecule has 0 fully saturated rings. The predicted molar refractivity (Wildman–Crippen MR) is 86.8 cm³/mol. The van der Waals surface area contributed by atoms with Gasteiger partial charge in [0.15, 0.2) is 5.96 Å². The molecule has 5 heteroatoms. The molecule has 5 nitrogen and oxygen atoms in total. The van der Waals surface area contributed by atoms with Crippen LogP contribution in [0, 0.1) is 0 Å². The zero-order valence-electron chi connectivity index (χ0n) is 13.6. The van der Waals surface area contributed by atoms with Crippen LogP contribution in [0.25, 0.3) is 0 Å². The molecule has 0 radical (unpaired) electrons. The van der Waals surface area contributed by atoms with Crippen molar-refractivity contribution in [3.63, 3.8) is 0 Å². The summed E-state index contributed by atoms with van der Waals surface area (Å²) in [6, 6.07) is 7.53. The quantitative estimate of drug-likeness (QED) is 0.622. The molecule has 21 heavy (non-hydrogen) atoms. The van der Waals surface area contributed by atoms with Gasteiger partial charge in [-0.05, 0) is 38.5 Å². The molecule has 2 N–H and O–H groups in total. The minimum atomic E-state index is -0.644. The van der Waals surface area contributed by atoms with Crippen molar-refractivity contribution in [2.75, 3.05) is 27.2 Å². The highest BCUT2D eigenvalue weighted by atomic mass is 16.5. The number of hydrogen-bond acceptors (Lipinski definition) is 3. The maximum Gasteiger partial charge on any atom is 0.193 e. The number of ether oxygens (including phenoxy) is 1. The van der Waals surface area contributed by atoms with Crippen molar-refractivity contribution in [1.29, 1.82) is 0 Å². The summed E-state index contributed by atoms with van der Waals surface area (Å²) in [6.45, 7) is 7.08. The lowest BCUT2D eigenvalue weighted by molar-refractivity contribution is 0.185. The van der Waals surface area contributed by atoms with E-state index in [0.29, 0.717) is 6.54 Å². The van der Waals surface area contributed by atoms with Gasteiger partial charge >= 0.3 is 0 Å². The smallest absolute Gasteiger partial charge is 0.193 e. The third-order valence-corrected chi connectivity index (χ3v) is 2.79. The molecule has 0 saturated carbocycles. The molecule has 1 unspecified atom stereocenters.